The van der Waals surface area contributed by atoms with E-state index in [0.717, 1.165) is 37.7 Å². The average Bonchev–Trinajstić information content (AvgIpc) is 2.96. The van der Waals surface area contributed by atoms with Crippen molar-refractivity contribution in [2.45, 2.75) is 11.4 Å². The molecule has 0 aromatic carbocycles. The number of hydrogen-bond donors (Lipinski definition) is 2. The van der Waals surface area contributed by atoms with Crippen molar-refractivity contribution in [3.63, 3.8) is 0 Å². The van der Waals surface area contributed by atoms with Crippen LogP contribution in [0.5, 0.6) is 0 Å². The van der Waals surface area contributed by atoms with E-state index in [4.69, 9.17) is 0 Å². The Balaban J connectivity index is 1.81. The molecule has 0 aliphatic carbocycles. The lowest BCUT2D eigenvalue weighted by atomic mass is 10.5. The first-order chi connectivity index (χ1) is 10.1. The highest BCUT2D eigenvalue weighted by Gasteiger charge is 2.17. The van der Waals surface area contributed by atoms with Crippen molar-refractivity contribution < 1.29 is 8.42 Å². The zero-order valence-corrected chi connectivity index (χ0v) is 13.9. The predicted octanol–water partition coefficient (Wildman–Crippen LogP) is -0.570. The third kappa shape index (κ3) is 5.26. The summed E-state index contributed by atoms with van der Waals surface area (Å²) in [5, 5.41) is 7.06. The third-order valence-corrected chi connectivity index (χ3v) is 5.69. The third-order valence-electron chi connectivity index (χ3n) is 3.33. The van der Waals surface area contributed by atoms with Crippen molar-refractivity contribution in [3.05, 3.63) is 12.4 Å². The van der Waals surface area contributed by atoms with E-state index in [-0.39, 0.29) is 4.90 Å². The number of likely N-dealkylation sites (N-methyl/N-ethyl adjacent to an activating group) is 1. The first kappa shape index (κ1) is 16.8. The first-order valence-electron chi connectivity index (χ1n) is 7.08. The fourth-order valence-electron chi connectivity index (χ4n) is 2.08. The number of thioether (sulfide) groups is 1. The molecule has 1 fully saturated rings. The van der Waals surface area contributed by atoms with Crippen LogP contribution < -0.4 is 10.0 Å². The van der Waals surface area contributed by atoms with Crippen LogP contribution in [-0.2, 0) is 16.6 Å². The van der Waals surface area contributed by atoms with Crippen LogP contribution in [0.15, 0.2) is 17.3 Å². The van der Waals surface area contributed by atoms with Gasteiger partial charge < -0.3 is 10.2 Å². The zero-order chi connectivity index (χ0) is 15.1. The lowest BCUT2D eigenvalue weighted by Crippen LogP contribution is -2.39. The van der Waals surface area contributed by atoms with Gasteiger partial charge in [0.25, 0.3) is 0 Å². The molecule has 7 nitrogen and oxygen atoms in total. The second-order valence-corrected chi connectivity index (χ2v) is 7.89. The summed E-state index contributed by atoms with van der Waals surface area (Å²) in [6.45, 7) is 4.67. The Morgan fingerprint density at radius 2 is 2.05 bits per heavy atom. The van der Waals surface area contributed by atoms with E-state index >= 15 is 0 Å². The summed E-state index contributed by atoms with van der Waals surface area (Å²) in [7, 11) is -1.60. The van der Waals surface area contributed by atoms with Crippen LogP contribution in [0.3, 0.4) is 0 Å². The maximum absolute atomic E-state index is 12.2. The molecule has 0 spiro atoms. The first-order valence-corrected chi connectivity index (χ1v) is 9.72. The Hall–Kier alpha value is -0.610. The lowest BCUT2D eigenvalue weighted by molar-refractivity contribution is 0.307. The van der Waals surface area contributed by atoms with E-state index in [1.807, 2.05) is 18.8 Å². The summed E-state index contributed by atoms with van der Waals surface area (Å²) in [5.74, 6) is 2.26. The van der Waals surface area contributed by atoms with Gasteiger partial charge >= 0.3 is 0 Å². The minimum Gasteiger partial charge on any atom is -0.318 e. The van der Waals surface area contributed by atoms with Gasteiger partial charge in [0.1, 0.15) is 4.90 Å². The number of hydrogen-bond acceptors (Lipinski definition) is 6. The van der Waals surface area contributed by atoms with Crippen LogP contribution in [0.25, 0.3) is 0 Å². The van der Waals surface area contributed by atoms with E-state index < -0.39 is 10.0 Å². The number of nitrogens with one attached hydrogen (secondary N) is 2. The summed E-state index contributed by atoms with van der Waals surface area (Å²) < 4.78 is 28.6. The summed E-state index contributed by atoms with van der Waals surface area (Å²) in [5.41, 5.74) is 0. The van der Waals surface area contributed by atoms with Gasteiger partial charge in [0.05, 0.1) is 12.7 Å². The molecule has 0 unspecified atom stereocenters. The molecular formula is C12H23N5O2S2. The van der Waals surface area contributed by atoms with Crippen LogP contribution in [-0.4, -0.2) is 74.4 Å². The van der Waals surface area contributed by atoms with E-state index in [1.165, 1.54) is 6.20 Å². The van der Waals surface area contributed by atoms with Crippen molar-refractivity contribution >= 4 is 21.8 Å². The Labute approximate surface area is 130 Å². The molecule has 1 saturated heterocycles. The van der Waals surface area contributed by atoms with Gasteiger partial charge in [0.15, 0.2) is 0 Å². The highest BCUT2D eigenvalue weighted by atomic mass is 32.2. The summed E-state index contributed by atoms with van der Waals surface area (Å²) >= 11 is 1.95. The molecule has 21 heavy (non-hydrogen) atoms. The second kappa shape index (κ2) is 8.14. The van der Waals surface area contributed by atoms with Gasteiger partial charge in [-0.2, -0.15) is 16.9 Å². The Kier molecular flexibility index (Phi) is 6.49. The molecule has 0 bridgehead atoms. The van der Waals surface area contributed by atoms with Crippen LogP contribution in [0.4, 0.5) is 0 Å². The molecule has 120 valence electrons. The van der Waals surface area contributed by atoms with Crippen molar-refractivity contribution in [2.75, 3.05) is 51.3 Å². The molecule has 0 amide bonds. The average molecular weight is 333 g/mol. The molecule has 0 radical (unpaired) electrons. The maximum Gasteiger partial charge on any atom is 0.243 e. The fourth-order valence-corrected chi connectivity index (χ4v) is 4.03. The van der Waals surface area contributed by atoms with Crippen LogP contribution in [0, 0.1) is 0 Å². The topological polar surface area (TPSA) is 79.3 Å². The highest BCUT2D eigenvalue weighted by Crippen LogP contribution is 2.09. The standard InChI is InChI=1S/C12H23N5O2S2/c1-13-2-5-17-11-12(10-14-17)21(18,19)15-3-4-16-6-8-20-9-7-16/h10-11,13,15H,2-9H2,1H3. The van der Waals surface area contributed by atoms with E-state index in [0.29, 0.717) is 13.1 Å². The van der Waals surface area contributed by atoms with Gasteiger partial charge in [-0.1, -0.05) is 0 Å². The molecule has 0 atom stereocenters. The molecule has 9 heteroatoms. The minimum atomic E-state index is -3.45. The smallest absolute Gasteiger partial charge is 0.243 e. The molecule has 2 rings (SSSR count). The molecule has 2 N–H and O–H groups in total. The lowest BCUT2D eigenvalue weighted by Gasteiger charge is -2.25. The van der Waals surface area contributed by atoms with Gasteiger partial charge in [-0.05, 0) is 7.05 Å². The normalized spacial score (nSPS) is 17.2. The monoisotopic (exact) mass is 333 g/mol. The van der Waals surface area contributed by atoms with Crippen molar-refractivity contribution in [1.82, 2.24) is 24.7 Å². The summed E-state index contributed by atoms with van der Waals surface area (Å²) in [6.07, 6.45) is 2.97. The van der Waals surface area contributed by atoms with Gasteiger partial charge in [0, 0.05) is 50.4 Å². The molecule has 1 aliphatic heterocycles. The molecule has 1 aromatic rings. The van der Waals surface area contributed by atoms with Gasteiger partial charge in [-0.3, -0.25) is 4.68 Å². The maximum atomic E-state index is 12.2. The predicted molar refractivity (Wildman–Crippen MR) is 85.1 cm³/mol. The number of rotatable bonds is 8. The van der Waals surface area contributed by atoms with E-state index in [1.54, 1.807) is 10.9 Å². The number of nitrogens with zero attached hydrogens (tertiary/aromatic N) is 3. The second-order valence-electron chi connectivity index (χ2n) is 4.89. The largest absolute Gasteiger partial charge is 0.318 e. The molecule has 2 heterocycles. The van der Waals surface area contributed by atoms with Crippen molar-refractivity contribution in [1.29, 1.82) is 0 Å². The zero-order valence-electron chi connectivity index (χ0n) is 12.3. The van der Waals surface area contributed by atoms with Crippen LogP contribution in [0.1, 0.15) is 0 Å². The molecule has 1 aromatic heterocycles. The molecular weight excluding hydrogens is 310 g/mol. The van der Waals surface area contributed by atoms with E-state index in [2.05, 4.69) is 20.0 Å². The SMILES string of the molecule is CNCCn1cc(S(=O)(=O)NCCN2CCSCC2)cn1. The fraction of sp³-hybridized carbons (Fsp3) is 0.750. The summed E-state index contributed by atoms with van der Waals surface area (Å²) in [4.78, 5) is 2.52. The van der Waals surface area contributed by atoms with Crippen LogP contribution >= 0.6 is 11.8 Å². The van der Waals surface area contributed by atoms with E-state index in [9.17, 15) is 8.42 Å². The molecule has 0 saturated carbocycles. The van der Waals surface area contributed by atoms with Crippen molar-refractivity contribution in [3.8, 4) is 0 Å². The van der Waals surface area contributed by atoms with Gasteiger partial charge in [0.2, 0.25) is 10.0 Å². The summed E-state index contributed by atoms with van der Waals surface area (Å²) in [6, 6.07) is 0. The van der Waals surface area contributed by atoms with Crippen molar-refractivity contribution in [2.24, 2.45) is 0 Å². The van der Waals surface area contributed by atoms with Crippen LogP contribution in [0.2, 0.25) is 0 Å². The Morgan fingerprint density at radius 3 is 2.76 bits per heavy atom. The van der Waals surface area contributed by atoms with Gasteiger partial charge in [-0.25, -0.2) is 13.1 Å². The Bertz CT molecular complexity index is 526. The molecule has 1 aliphatic rings. The minimum absolute atomic E-state index is 0.229. The highest BCUT2D eigenvalue weighted by molar-refractivity contribution is 7.99. The number of aromatic nitrogens is 2. The van der Waals surface area contributed by atoms with Gasteiger partial charge in [-0.15, -0.1) is 0 Å². The Morgan fingerprint density at radius 1 is 1.29 bits per heavy atom. The number of sulfonamides is 1. The quantitative estimate of drug-likeness (QED) is 0.663.